The average Bonchev–Trinajstić information content (AvgIpc) is 3.68. The van der Waals surface area contributed by atoms with Gasteiger partial charge in [0.25, 0.3) is 5.91 Å². The highest BCUT2D eigenvalue weighted by molar-refractivity contribution is 6.05. The van der Waals surface area contributed by atoms with Crippen LogP contribution in [-0.2, 0) is 9.53 Å². The molecule has 1 aromatic heterocycles. The molecule has 0 saturated carbocycles. The number of ether oxygens (including phenoxy) is 3. The maximum Gasteiger partial charge on any atom is 0.414 e. The number of fused-ring (bicyclic) bond motifs is 2. The number of rotatable bonds is 9. The number of hydrogen-bond donors (Lipinski definition) is 3. The monoisotopic (exact) mass is 593 g/mol. The molecule has 0 radical (unpaired) electrons. The van der Waals surface area contributed by atoms with E-state index >= 15 is 0 Å². The van der Waals surface area contributed by atoms with Crippen molar-refractivity contribution in [3.63, 3.8) is 0 Å². The van der Waals surface area contributed by atoms with Crippen molar-refractivity contribution >= 4 is 35.3 Å². The zero-order chi connectivity index (χ0) is 30.7. The first kappa shape index (κ1) is 29.5. The highest BCUT2D eigenvalue weighted by Gasteiger charge is 2.44. The number of esters is 1. The summed E-state index contributed by atoms with van der Waals surface area (Å²) in [6.07, 6.45) is -1.27. The van der Waals surface area contributed by atoms with Crippen LogP contribution < -0.4 is 19.7 Å². The van der Waals surface area contributed by atoms with Gasteiger partial charge in [-0.1, -0.05) is 12.1 Å². The zero-order valence-electron chi connectivity index (χ0n) is 23.6. The van der Waals surface area contributed by atoms with Gasteiger partial charge in [0.15, 0.2) is 17.7 Å². The van der Waals surface area contributed by atoms with E-state index in [0.29, 0.717) is 42.8 Å². The number of carbonyl (C=O) groups is 4. The zero-order valence-corrected chi connectivity index (χ0v) is 23.6. The van der Waals surface area contributed by atoms with Crippen LogP contribution in [0.1, 0.15) is 46.6 Å². The molecule has 3 aromatic rings. The molecule has 0 aliphatic carbocycles. The van der Waals surface area contributed by atoms with E-state index in [0.717, 1.165) is 4.90 Å². The number of nitrogens with zero attached hydrogens (tertiary/aromatic N) is 2. The number of aliphatic hydroxyl groups is 1. The average molecular weight is 594 g/mol. The van der Waals surface area contributed by atoms with Gasteiger partial charge >= 0.3 is 12.1 Å². The van der Waals surface area contributed by atoms with Gasteiger partial charge < -0.3 is 39.1 Å². The molecular weight excluding hydrogens is 562 g/mol. The lowest BCUT2D eigenvalue weighted by molar-refractivity contribution is -0.116. The van der Waals surface area contributed by atoms with Crippen molar-refractivity contribution in [3.8, 4) is 22.8 Å². The van der Waals surface area contributed by atoms with Gasteiger partial charge in [0, 0.05) is 30.3 Å². The van der Waals surface area contributed by atoms with E-state index in [1.165, 1.54) is 37.3 Å². The fraction of sp³-hybridized carbons (Fsp3) is 0.333. The molecule has 1 saturated heterocycles. The Morgan fingerprint density at radius 1 is 1.09 bits per heavy atom. The van der Waals surface area contributed by atoms with Crippen LogP contribution in [0.2, 0.25) is 0 Å². The molecule has 3 heterocycles. The van der Waals surface area contributed by atoms with E-state index in [-0.39, 0.29) is 53.4 Å². The molecule has 2 atom stereocenters. The predicted molar refractivity (Wildman–Crippen MR) is 152 cm³/mol. The SMILES string of the molecule is COC(=O)c1ccc(-c2cccc(NC(=O)CCCOc3cc4c(cc3OC)C(=O)N3CCCC3C(O)N4C(=O)O)c2)o1. The van der Waals surface area contributed by atoms with Crippen molar-refractivity contribution in [3.05, 3.63) is 59.9 Å². The fourth-order valence-corrected chi connectivity index (χ4v) is 5.32. The third-order valence-electron chi connectivity index (χ3n) is 7.38. The van der Waals surface area contributed by atoms with Gasteiger partial charge in [0.2, 0.25) is 11.7 Å². The van der Waals surface area contributed by atoms with E-state index in [1.807, 2.05) is 0 Å². The molecule has 13 heteroatoms. The van der Waals surface area contributed by atoms with Crippen molar-refractivity contribution in [2.45, 2.75) is 38.0 Å². The van der Waals surface area contributed by atoms with Gasteiger partial charge in [-0.2, -0.15) is 0 Å². The lowest BCUT2D eigenvalue weighted by Crippen LogP contribution is -2.50. The Balaban J connectivity index is 1.23. The topological polar surface area (TPSA) is 168 Å². The van der Waals surface area contributed by atoms with E-state index < -0.39 is 24.3 Å². The summed E-state index contributed by atoms with van der Waals surface area (Å²) in [6.45, 7) is 0.503. The van der Waals surface area contributed by atoms with E-state index in [1.54, 1.807) is 30.3 Å². The molecule has 0 spiro atoms. The Labute approximate surface area is 246 Å². The van der Waals surface area contributed by atoms with Crippen LogP contribution in [-0.4, -0.2) is 78.6 Å². The van der Waals surface area contributed by atoms with E-state index in [2.05, 4.69) is 10.1 Å². The van der Waals surface area contributed by atoms with Gasteiger partial charge in [-0.15, -0.1) is 0 Å². The highest BCUT2D eigenvalue weighted by Crippen LogP contribution is 2.41. The minimum absolute atomic E-state index is 0.00286. The first-order valence-electron chi connectivity index (χ1n) is 13.7. The second-order valence-corrected chi connectivity index (χ2v) is 10.0. The van der Waals surface area contributed by atoms with Crippen LogP contribution in [0.25, 0.3) is 11.3 Å². The van der Waals surface area contributed by atoms with Crippen molar-refractivity contribution in [2.24, 2.45) is 0 Å². The Hall–Kier alpha value is -5.04. The summed E-state index contributed by atoms with van der Waals surface area (Å²) in [5.41, 5.74) is 1.28. The van der Waals surface area contributed by atoms with Gasteiger partial charge in [-0.05, 0) is 49.6 Å². The number of aliphatic hydroxyl groups excluding tert-OH is 1. The van der Waals surface area contributed by atoms with Crippen LogP contribution in [0.3, 0.4) is 0 Å². The van der Waals surface area contributed by atoms with E-state index in [9.17, 15) is 29.4 Å². The molecular formula is C30H31N3O10. The number of methoxy groups -OCH3 is 2. The van der Waals surface area contributed by atoms with Crippen molar-refractivity contribution < 1.29 is 48.0 Å². The second-order valence-electron chi connectivity index (χ2n) is 10.0. The van der Waals surface area contributed by atoms with Crippen LogP contribution in [0.15, 0.2) is 52.9 Å². The quantitative estimate of drug-likeness (QED) is 0.244. The molecule has 1 fully saturated rings. The number of anilines is 2. The number of amides is 3. The Bertz CT molecular complexity index is 1550. The smallest absolute Gasteiger partial charge is 0.414 e. The third-order valence-corrected chi connectivity index (χ3v) is 7.38. The first-order chi connectivity index (χ1) is 20.7. The number of carboxylic acid groups (broad SMARTS) is 1. The Morgan fingerprint density at radius 2 is 1.91 bits per heavy atom. The summed E-state index contributed by atoms with van der Waals surface area (Å²) >= 11 is 0. The number of hydrogen-bond acceptors (Lipinski definition) is 9. The largest absolute Gasteiger partial charge is 0.493 e. The molecule has 2 aliphatic heterocycles. The molecule has 43 heavy (non-hydrogen) atoms. The molecule has 3 N–H and O–H groups in total. The van der Waals surface area contributed by atoms with Crippen LogP contribution >= 0.6 is 0 Å². The van der Waals surface area contributed by atoms with Crippen molar-refractivity contribution in [1.82, 2.24) is 4.90 Å². The second kappa shape index (κ2) is 12.4. The molecule has 2 unspecified atom stereocenters. The molecule has 13 nitrogen and oxygen atoms in total. The van der Waals surface area contributed by atoms with Crippen LogP contribution in [0.4, 0.5) is 16.2 Å². The summed E-state index contributed by atoms with van der Waals surface area (Å²) in [7, 11) is 2.66. The van der Waals surface area contributed by atoms with Crippen molar-refractivity contribution in [2.75, 3.05) is 37.6 Å². The number of benzene rings is 2. The molecule has 0 bridgehead atoms. The number of furan rings is 1. The Kier molecular flexibility index (Phi) is 8.53. The molecule has 5 rings (SSSR count). The maximum absolute atomic E-state index is 13.3. The summed E-state index contributed by atoms with van der Waals surface area (Å²) < 4.78 is 21.5. The van der Waals surface area contributed by atoms with Gasteiger partial charge in [-0.3, -0.25) is 9.59 Å². The molecule has 3 amide bonds. The lowest BCUT2D eigenvalue weighted by Gasteiger charge is -2.30. The maximum atomic E-state index is 13.3. The lowest BCUT2D eigenvalue weighted by atomic mass is 10.1. The van der Waals surface area contributed by atoms with Crippen LogP contribution in [0, 0.1) is 0 Å². The molecule has 2 aliphatic rings. The standard InChI is InChI=1S/C30H31N3O10/c1-40-24-15-19-21(33(30(38)39)28(36)20-8-4-12-32(20)27(19)35)16-25(24)42-13-5-9-26(34)31-18-7-3-6-17(14-18)22-10-11-23(43-22)29(37)41-2/h3,6-7,10-11,14-16,20,28,36H,4-5,8-9,12-13H2,1-2H3,(H,31,34)(H,38,39). The number of carbonyl (C=O) groups excluding carboxylic acids is 3. The first-order valence-corrected chi connectivity index (χ1v) is 13.7. The Morgan fingerprint density at radius 3 is 2.65 bits per heavy atom. The summed E-state index contributed by atoms with van der Waals surface area (Å²) in [5, 5.41) is 23.6. The third kappa shape index (κ3) is 5.97. The molecule has 226 valence electrons. The van der Waals surface area contributed by atoms with Crippen molar-refractivity contribution in [1.29, 1.82) is 0 Å². The number of nitrogens with one attached hydrogen (secondary N) is 1. The minimum Gasteiger partial charge on any atom is -0.493 e. The normalized spacial score (nSPS) is 17.5. The minimum atomic E-state index is -1.43. The van der Waals surface area contributed by atoms with Gasteiger partial charge in [0.1, 0.15) is 5.76 Å². The van der Waals surface area contributed by atoms with Gasteiger partial charge in [-0.25, -0.2) is 14.5 Å². The van der Waals surface area contributed by atoms with Gasteiger partial charge in [0.05, 0.1) is 38.1 Å². The highest BCUT2D eigenvalue weighted by atomic mass is 16.5. The molecule has 2 aromatic carbocycles. The summed E-state index contributed by atoms with van der Waals surface area (Å²) in [6, 6.07) is 12.2. The summed E-state index contributed by atoms with van der Waals surface area (Å²) in [4.78, 5) is 52.0. The summed E-state index contributed by atoms with van der Waals surface area (Å²) in [5.74, 6) is -0.344. The van der Waals surface area contributed by atoms with E-state index in [4.69, 9.17) is 13.9 Å². The fourth-order valence-electron chi connectivity index (χ4n) is 5.32. The van der Waals surface area contributed by atoms with Crippen LogP contribution in [0.5, 0.6) is 11.5 Å². The predicted octanol–water partition coefficient (Wildman–Crippen LogP) is 3.96.